The topological polar surface area (TPSA) is 62.2 Å². The van der Waals surface area contributed by atoms with Gasteiger partial charge in [-0.3, -0.25) is 0 Å². The minimum atomic E-state index is -0.893. The number of carboxylic acid groups (broad SMARTS) is 1. The van der Waals surface area contributed by atoms with Gasteiger partial charge in [-0.2, -0.15) is 11.8 Å². The van der Waals surface area contributed by atoms with Crippen LogP contribution in [-0.4, -0.2) is 33.6 Å². The summed E-state index contributed by atoms with van der Waals surface area (Å²) < 4.78 is 0.311. The molecule has 1 saturated carbocycles. The average Bonchev–Trinajstić information content (AvgIpc) is 2.38. The summed E-state index contributed by atoms with van der Waals surface area (Å²) in [6.45, 7) is 2.93. The molecule has 2 rings (SSSR count). The molecule has 4 nitrogen and oxygen atoms in total. The van der Waals surface area contributed by atoms with Gasteiger partial charge < -0.3 is 10.4 Å². The molecule has 1 heterocycles. The van der Waals surface area contributed by atoms with Gasteiger partial charge in [-0.25, -0.2) is 9.78 Å². The summed E-state index contributed by atoms with van der Waals surface area (Å²) in [5, 5.41) is 12.5. The molecular formula is C15H22N2O2S. The molecule has 1 aromatic rings. The molecule has 5 heteroatoms. The molecule has 0 atom stereocenters. The first-order valence-corrected chi connectivity index (χ1v) is 8.34. The Kier molecular flexibility index (Phi) is 4.91. The minimum absolute atomic E-state index is 0.311. The fourth-order valence-corrected chi connectivity index (χ4v) is 3.38. The zero-order valence-electron chi connectivity index (χ0n) is 12.1. The minimum Gasteiger partial charge on any atom is -0.478 e. The Morgan fingerprint density at radius 1 is 1.50 bits per heavy atom. The van der Waals surface area contributed by atoms with Crippen LogP contribution >= 0.6 is 11.8 Å². The van der Waals surface area contributed by atoms with E-state index in [0.717, 1.165) is 25.1 Å². The summed E-state index contributed by atoms with van der Waals surface area (Å²) in [6, 6.07) is 3.30. The maximum absolute atomic E-state index is 11.2. The number of hydrogen-bond donors (Lipinski definition) is 2. The van der Waals surface area contributed by atoms with E-state index in [1.165, 1.54) is 19.3 Å². The van der Waals surface area contributed by atoms with E-state index in [4.69, 9.17) is 0 Å². The van der Waals surface area contributed by atoms with E-state index in [2.05, 4.69) is 23.5 Å². The summed E-state index contributed by atoms with van der Waals surface area (Å²) in [4.78, 5) is 15.7. The number of aromatic carboxylic acids is 1. The zero-order valence-corrected chi connectivity index (χ0v) is 12.9. The Morgan fingerprint density at radius 3 is 2.75 bits per heavy atom. The second-order valence-electron chi connectivity index (χ2n) is 5.38. The first kappa shape index (κ1) is 15.2. The van der Waals surface area contributed by atoms with Crippen molar-refractivity contribution in [3.63, 3.8) is 0 Å². The fourth-order valence-electron chi connectivity index (χ4n) is 2.46. The molecule has 2 N–H and O–H groups in total. The van der Waals surface area contributed by atoms with Crippen LogP contribution in [0.5, 0.6) is 0 Å². The maximum Gasteiger partial charge on any atom is 0.335 e. The number of carbonyl (C=O) groups is 1. The number of rotatable bonds is 7. The van der Waals surface area contributed by atoms with Crippen molar-refractivity contribution in [1.82, 2.24) is 4.98 Å². The number of nitrogens with zero attached hydrogens (tertiary/aromatic N) is 1. The van der Waals surface area contributed by atoms with Gasteiger partial charge in [0.15, 0.2) is 0 Å². The lowest BCUT2D eigenvalue weighted by Crippen LogP contribution is -2.40. The van der Waals surface area contributed by atoms with E-state index in [1.54, 1.807) is 12.1 Å². The van der Waals surface area contributed by atoms with Crippen molar-refractivity contribution >= 4 is 23.5 Å². The summed E-state index contributed by atoms with van der Waals surface area (Å²) in [6.07, 6.45) is 7.65. The van der Waals surface area contributed by atoms with Crippen LogP contribution in [-0.2, 0) is 6.42 Å². The van der Waals surface area contributed by atoms with Gasteiger partial charge in [-0.05, 0) is 37.7 Å². The largest absolute Gasteiger partial charge is 0.478 e. The van der Waals surface area contributed by atoms with Gasteiger partial charge in [0.25, 0.3) is 0 Å². The molecular weight excluding hydrogens is 272 g/mol. The Labute approximate surface area is 124 Å². The lowest BCUT2D eigenvalue weighted by molar-refractivity contribution is 0.0696. The molecule has 0 unspecified atom stereocenters. The van der Waals surface area contributed by atoms with Gasteiger partial charge >= 0.3 is 5.97 Å². The van der Waals surface area contributed by atoms with Crippen LogP contribution in [0.1, 0.15) is 48.7 Å². The SMILES string of the molecule is CCCc1cc(C(=O)O)cc(NCC2(SC)CCC2)n1. The Bertz CT molecular complexity index is 481. The predicted molar refractivity (Wildman–Crippen MR) is 83.8 cm³/mol. The summed E-state index contributed by atoms with van der Waals surface area (Å²) in [5.41, 5.74) is 1.17. The molecule has 0 radical (unpaired) electrons. The molecule has 0 saturated heterocycles. The van der Waals surface area contributed by atoms with Gasteiger partial charge in [0, 0.05) is 17.0 Å². The lowest BCUT2D eigenvalue weighted by Gasteiger charge is -2.40. The second kappa shape index (κ2) is 6.48. The Hall–Kier alpha value is -1.23. The predicted octanol–water partition coefficient (Wildman–Crippen LogP) is 3.43. The molecule has 1 aliphatic carbocycles. The van der Waals surface area contributed by atoms with Crippen molar-refractivity contribution in [1.29, 1.82) is 0 Å². The van der Waals surface area contributed by atoms with Crippen LogP contribution in [0.25, 0.3) is 0 Å². The van der Waals surface area contributed by atoms with Crippen LogP contribution in [0.3, 0.4) is 0 Å². The standard InChI is InChI=1S/C15H22N2O2S/c1-3-5-12-8-11(14(18)19)9-13(17-12)16-10-15(20-2)6-4-7-15/h8-9H,3-7,10H2,1-2H3,(H,16,17)(H,18,19). The molecule has 110 valence electrons. The van der Waals surface area contributed by atoms with Crippen molar-refractivity contribution in [2.75, 3.05) is 18.1 Å². The van der Waals surface area contributed by atoms with Crippen LogP contribution in [0.4, 0.5) is 5.82 Å². The van der Waals surface area contributed by atoms with Gasteiger partial charge in [0.05, 0.1) is 5.56 Å². The molecule has 1 aliphatic rings. The third-order valence-corrected chi connectivity index (χ3v) is 5.34. The van der Waals surface area contributed by atoms with Gasteiger partial charge in [-0.1, -0.05) is 19.8 Å². The average molecular weight is 294 g/mol. The highest BCUT2D eigenvalue weighted by Gasteiger charge is 2.35. The third-order valence-electron chi connectivity index (χ3n) is 3.92. The molecule has 0 aromatic carbocycles. The van der Waals surface area contributed by atoms with Crippen LogP contribution in [0.2, 0.25) is 0 Å². The van der Waals surface area contributed by atoms with E-state index < -0.39 is 5.97 Å². The summed E-state index contributed by atoms with van der Waals surface area (Å²) in [7, 11) is 0. The van der Waals surface area contributed by atoms with Gasteiger partial charge in [0.2, 0.25) is 0 Å². The van der Waals surface area contributed by atoms with E-state index in [1.807, 2.05) is 11.8 Å². The summed E-state index contributed by atoms with van der Waals surface area (Å²) in [5.74, 6) is -0.204. The number of thioether (sulfide) groups is 1. The van der Waals surface area contributed by atoms with E-state index in [9.17, 15) is 9.90 Å². The van der Waals surface area contributed by atoms with Crippen LogP contribution in [0, 0.1) is 0 Å². The van der Waals surface area contributed by atoms with Crippen molar-refractivity contribution < 1.29 is 9.90 Å². The van der Waals surface area contributed by atoms with Crippen LogP contribution in [0.15, 0.2) is 12.1 Å². The fraction of sp³-hybridized carbons (Fsp3) is 0.600. The number of nitrogens with one attached hydrogen (secondary N) is 1. The van der Waals surface area contributed by atoms with Gasteiger partial charge in [0.1, 0.15) is 5.82 Å². The van der Waals surface area contributed by atoms with Crippen molar-refractivity contribution in [3.05, 3.63) is 23.4 Å². The lowest BCUT2D eigenvalue weighted by atomic mass is 9.84. The molecule has 0 aliphatic heterocycles. The van der Waals surface area contributed by atoms with E-state index in [-0.39, 0.29) is 0 Å². The molecule has 0 bridgehead atoms. The number of hydrogen-bond acceptors (Lipinski definition) is 4. The Morgan fingerprint density at radius 2 is 2.25 bits per heavy atom. The highest BCUT2D eigenvalue weighted by atomic mass is 32.2. The number of aryl methyl sites for hydroxylation is 1. The first-order valence-electron chi connectivity index (χ1n) is 7.12. The Balaban J connectivity index is 2.11. The van der Waals surface area contributed by atoms with E-state index in [0.29, 0.717) is 16.1 Å². The number of anilines is 1. The quantitative estimate of drug-likeness (QED) is 0.806. The van der Waals surface area contributed by atoms with E-state index >= 15 is 0 Å². The molecule has 20 heavy (non-hydrogen) atoms. The smallest absolute Gasteiger partial charge is 0.335 e. The maximum atomic E-state index is 11.2. The number of pyridine rings is 1. The second-order valence-corrected chi connectivity index (χ2v) is 6.66. The monoisotopic (exact) mass is 294 g/mol. The van der Waals surface area contributed by atoms with Crippen molar-refractivity contribution in [2.24, 2.45) is 0 Å². The first-order chi connectivity index (χ1) is 9.58. The van der Waals surface area contributed by atoms with Gasteiger partial charge in [-0.15, -0.1) is 0 Å². The normalized spacial score (nSPS) is 16.5. The number of aromatic nitrogens is 1. The molecule has 0 amide bonds. The number of carboxylic acids is 1. The highest BCUT2D eigenvalue weighted by Crippen LogP contribution is 2.42. The van der Waals surface area contributed by atoms with Crippen molar-refractivity contribution in [3.8, 4) is 0 Å². The third kappa shape index (κ3) is 3.45. The van der Waals surface area contributed by atoms with Crippen molar-refractivity contribution in [2.45, 2.75) is 43.8 Å². The molecule has 1 fully saturated rings. The zero-order chi connectivity index (χ0) is 14.6. The molecule has 0 spiro atoms. The summed E-state index contributed by atoms with van der Waals surface area (Å²) >= 11 is 1.90. The molecule has 1 aromatic heterocycles. The van der Waals surface area contributed by atoms with Crippen LogP contribution < -0.4 is 5.32 Å². The highest BCUT2D eigenvalue weighted by molar-refractivity contribution is 8.00.